The predicted molar refractivity (Wildman–Crippen MR) is 96.2 cm³/mol. The molecule has 0 bridgehead atoms. The topological polar surface area (TPSA) is 27.3 Å². The molecule has 0 aromatic heterocycles. The number of fused-ring (bicyclic) bond motifs is 1. The second-order valence-corrected chi connectivity index (χ2v) is 6.57. The van der Waals surface area contributed by atoms with Crippen LogP contribution in [0, 0.1) is 6.67 Å². The van der Waals surface area contributed by atoms with Gasteiger partial charge in [0, 0.05) is 18.6 Å². The molecule has 1 aliphatic heterocycles. The van der Waals surface area contributed by atoms with E-state index in [0.29, 0.717) is 12.1 Å². The van der Waals surface area contributed by atoms with E-state index in [2.05, 4.69) is 76.8 Å². The van der Waals surface area contributed by atoms with Gasteiger partial charge in [-0.1, -0.05) is 42.5 Å². The fourth-order valence-electron chi connectivity index (χ4n) is 3.75. The molecule has 119 valence electrons. The van der Waals surface area contributed by atoms with E-state index in [9.17, 15) is 0 Å². The molecule has 3 heteroatoms. The predicted octanol–water partition coefficient (Wildman–Crippen LogP) is 4.14. The van der Waals surface area contributed by atoms with Gasteiger partial charge in [-0.25, -0.2) is 0 Å². The number of anilines is 2. The maximum Gasteiger partial charge on any atom is 0.139 e. The van der Waals surface area contributed by atoms with Crippen LogP contribution in [0.2, 0.25) is 0 Å². The Kier molecular flexibility index (Phi) is 4.20. The molecule has 0 spiro atoms. The van der Waals surface area contributed by atoms with Crippen LogP contribution >= 0.6 is 0 Å². The maximum atomic E-state index is 3.72. The lowest BCUT2D eigenvalue weighted by Gasteiger charge is -2.35. The summed E-state index contributed by atoms with van der Waals surface area (Å²) in [4.78, 5) is 2.43. The van der Waals surface area contributed by atoms with Gasteiger partial charge in [-0.2, -0.15) is 0 Å². The average molecular weight is 306 g/mol. The molecule has 1 saturated carbocycles. The standard InChI is InChI=1S/C20H24N3/c1-2-6-16(7-3-1)14-21-17-10-12-18(13-11-17)23-15-22-19-8-4-5-9-20(19)23/h1-9,15,17-18,21-22H,10-14H2. The first-order chi connectivity index (χ1) is 11.4. The summed E-state index contributed by atoms with van der Waals surface area (Å²) in [5.74, 6) is 0. The SMILES string of the molecule is [CH]1Nc2ccccc2N1C1CCC(NCc2ccccc2)CC1. The molecule has 2 aromatic rings. The fourth-order valence-corrected chi connectivity index (χ4v) is 3.75. The maximum absolute atomic E-state index is 3.72. The van der Waals surface area contributed by atoms with Crippen molar-refractivity contribution < 1.29 is 0 Å². The molecule has 0 atom stereocenters. The summed E-state index contributed by atoms with van der Waals surface area (Å²) in [5.41, 5.74) is 3.94. The highest BCUT2D eigenvalue weighted by Crippen LogP contribution is 2.37. The third-order valence-electron chi connectivity index (χ3n) is 5.07. The second kappa shape index (κ2) is 6.63. The first-order valence-electron chi connectivity index (χ1n) is 8.65. The Morgan fingerprint density at radius 3 is 2.48 bits per heavy atom. The summed E-state index contributed by atoms with van der Waals surface area (Å²) in [6, 6.07) is 20.5. The summed E-state index contributed by atoms with van der Waals surface area (Å²) in [6.07, 6.45) is 5.01. The largest absolute Gasteiger partial charge is 0.360 e. The molecular weight excluding hydrogens is 282 g/mol. The summed E-state index contributed by atoms with van der Waals surface area (Å²) in [5, 5.41) is 7.11. The minimum Gasteiger partial charge on any atom is -0.360 e. The van der Waals surface area contributed by atoms with Gasteiger partial charge in [0.05, 0.1) is 11.4 Å². The van der Waals surface area contributed by atoms with E-state index < -0.39 is 0 Å². The van der Waals surface area contributed by atoms with Crippen molar-refractivity contribution in [2.75, 3.05) is 10.2 Å². The summed E-state index contributed by atoms with van der Waals surface area (Å²) >= 11 is 0. The molecule has 1 radical (unpaired) electrons. The van der Waals surface area contributed by atoms with Gasteiger partial charge in [-0.15, -0.1) is 0 Å². The van der Waals surface area contributed by atoms with Crippen molar-refractivity contribution in [3.8, 4) is 0 Å². The van der Waals surface area contributed by atoms with Crippen molar-refractivity contribution in [1.82, 2.24) is 5.32 Å². The van der Waals surface area contributed by atoms with Crippen LogP contribution in [0.5, 0.6) is 0 Å². The van der Waals surface area contributed by atoms with Crippen LogP contribution in [0.15, 0.2) is 54.6 Å². The molecule has 1 fully saturated rings. The molecule has 0 saturated heterocycles. The number of rotatable bonds is 4. The third kappa shape index (κ3) is 3.20. The van der Waals surface area contributed by atoms with Crippen molar-refractivity contribution in [3.63, 3.8) is 0 Å². The van der Waals surface area contributed by atoms with Gasteiger partial charge in [0.2, 0.25) is 0 Å². The number of benzene rings is 2. The molecule has 0 unspecified atom stereocenters. The number of nitrogens with one attached hydrogen (secondary N) is 2. The van der Waals surface area contributed by atoms with Crippen molar-refractivity contribution in [1.29, 1.82) is 0 Å². The fraction of sp³-hybridized carbons (Fsp3) is 0.350. The second-order valence-electron chi connectivity index (χ2n) is 6.57. The third-order valence-corrected chi connectivity index (χ3v) is 5.07. The molecule has 1 aliphatic carbocycles. The van der Waals surface area contributed by atoms with E-state index in [1.165, 1.54) is 42.6 Å². The van der Waals surface area contributed by atoms with E-state index in [-0.39, 0.29) is 0 Å². The molecule has 0 amide bonds. The minimum absolute atomic E-state index is 0.626. The quantitative estimate of drug-likeness (QED) is 0.889. The molecule has 2 N–H and O–H groups in total. The van der Waals surface area contributed by atoms with Crippen LogP contribution in [0.3, 0.4) is 0 Å². The lowest BCUT2D eigenvalue weighted by atomic mass is 9.90. The highest BCUT2D eigenvalue weighted by molar-refractivity contribution is 5.77. The first kappa shape index (κ1) is 14.6. The van der Waals surface area contributed by atoms with E-state index in [1.807, 2.05) is 0 Å². The van der Waals surface area contributed by atoms with Gasteiger partial charge in [0.15, 0.2) is 0 Å². The Morgan fingerprint density at radius 2 is 1.65 bits per heavy atom. The lowest BCUT2D eigenvalue weighted by molar-refractivity contribution is 0.337. The zero-order valence-corrected chi connectivity index (χ0v) is 13.4. The molecule has 4 rings (SSSR count). The first-order valence-corrected chi connectivity index (χ1v) is 8.65. The van der Waals surface area contributed by atoms with Gasteiger partial charge in [0.1, 0.15) is 6.67 Å². The Bertz CT molecular complexity index is 632. The Balaban J connectivity index is 1.30. The van der Waals surface area contributed by atoms with Crippen molar-refractivity contribution in [3.05, 3.63) is 66.8 Å². The Hall–Kier alpha value is -2.00. The molecule has 3 nitrogen and oxygen atoms in total. The van der Waals surface area contributed by atoms with Gasteiger partial charge in [-0.3, -0.25) is 0 Å². The highest BCUT2D eigenvalue weighted by atomic mass is 15.3. The molecule has 23 heavy (non-hydrogen) atoms. The van der Waals surface area contributed by atoms with Gasteiger partial charge in [-0.05, 0) is 43.4 Å². The van der Waals surface area contributed by atoms with E-state index in [1.54, 1.807) is 0 Å². The zero-order valence-electron chi connectivity index (χ0n) is 13.4. The van der Waals surface area contributed by atoms with Crippen LogP contribution in [0.25, 0.3) is 0 Å². The smallest absolute Gasteiger partial charge is 0.139 e. The van der Waals surface area contributed by atoms with Gasteiger partial charge in [0.25, 0.3) is 0 Å². The van der Waals surface area contributed by atoms with Crippen LogP contribution in [0.4, 0.5) is 11.4 Å². The number of para-hydroxylation sites is 2. The van der Waals surface area contributed by atoms with E-state index >= 15 is 0 Å². The number of hydrogen-bond acceptors (Lipinski definition) is 3. The van der Waals surface area contributed by atoms with Crippen LogP contribution < -0.4 is 15.5 Å². The molecule has 2 aliphatic rings. The van der Waals surface area contributed by atoms with Gasteiger partial charge < -0.3 is 15.5 Å². The lowest BCUT2D eigenvalue weighted by Crippen LogP contribution is -2.40. The summed E-state index contributed by atoms with van der Waals surface area (Å²) in [7, 11) is 0. The summed E-state index contributed by atoms with van der Waals surface area (Å²) in [6.45, 7) is 3.13. The zero-order chi connectivity index (χ0) is 15.5. The van der Waals surface area contributed by atoms with Crippen LogP contribution in [-0.4, -0.2) is 12.1 Å². The molecule has 1 heterocycles. The number of nitrogens with zero attached hydrogens (tertiary/aromatic N) is 1. The van der Waals surface area contributed by atoms with Crippen LogP contribution in [0.1, 0.15) is 31.2 Å². The minimum atomic E-state index is 0.626. The Morgan fingerprint density at radius 1 is 0.913 bits per heavy atom. The highest BCUT2D eigenvalue weighted by Gasteiger charge is 2.29. The van der Waals surface area contributed by atoms with Crippen molar-refractivity contribution >= 4 is 11.4 Å². The molecular formula is C20H24N3. The van der Waals surface area contributed by atoms with E-state index in [0.717, 1.165) is 6.54 Å². The van der Waals surface area contributed by atoms with Crippen LogP contribution in [-0.2, 0) is 6.54 Å². The van der Waals surface area contributed by atoms with Crippen molar-refractivity contribution in [2.24, 2.45) is 0 Å². The van der Waals surface area contributed by atoms with E-state index in [4.69, 9.17) is 0 Å². The average Bonchev–Trinajstić information content (AvgIpc) is 3.05. The summed E-state index contributed by atoms with van der Waals surface area (Å²) < 4.78 is 0. The monoisotopic (exact) mass is 306 g/mol. The van der Waals surface area contributed by atoms with Crippen molar-refractivity contribution in [2.45, 2.75) is 44.3 Å². The van der Waals surface area contributed by atoms with Gasteiger partial charge >= 0.3 is 0 Å². The Labute approximate surface area is 138 Å². The number of hydrogen-bond donors (Lipinski definition) is 2. The normalized spacial score (nSPS) is 23.4. The molecule has 2 aromatic carbocycles.